The summed E-state index contributed by atoms with van der Waals surface area (Å²) in [6.45, 7) is 0. The summed E-state index contributed by atoms with van der Waals surface area (Å²) in [6, 6.07) is 4.76. The maximum Gasteiger partial charge on any atom is 0.248 e. The number of rotatable bonds is 4. The van der Waals surface area contributed by atoms with Crippen LogP contribution in [0, 0.1) is 0 Å². The molecule has 0 bridgehead atoms. The Balaban J connectivity index is 2.02. The van der Waals surface area contributed by atoms with Crippen LogP contribution in [0.5, 0.6) is 5.75 Å². The number of hydrogen-bond acceptors (Lipinski definition) is 3. The minimum Gasteiger partial charge on any atom is -0.489 e. The number of halogens is 3. The van der Waals surface area contributed by atoms with E-state index < -0.39 is 15.9 Å². The highest BCUT2D eigenvalue weighted by Gasteiger charge is 2.35. The van der Waals surface area contributed by atoms with Gasteiger partial charge in [-0.1, -0.05) is 0 Å². The van der Waals surface area contributed by atoms with Crippen molar-refractivity contribution in [2.45, 2.75) is 37.7 Å². The highest BCUT2D eigenvalue weighted by Crippen LogP contribution is 2.36. The van der Waals surface area contributed by atoms with Gasteiger partial charge in [-0.2, -0.15) is 0 Å². The molecule has 0 aromatic heterocycles. The summed E-state index contributed by atoms with van der Waals surface area (Å²) in [5.74, 6) is -2.07. The standard InChI is InChI=1S/C13H16BrF2NO3S/c1-21(18,19)17-9-2-3-12(11(14)8-9)20-10-4-6-13(15,16)7-5-10/h2-3,8,10,17H,4-7H2,1H3. The lowest BCUT2D eigenvalue weighted by Crippen LogP contribution is -2.30. The van der Waals surface area contributed by atoms with E-state index in [4.69, 9.17) is 4.74 Å². The summed E-state index contributed by atoms with van der Waals surface area (Å²) in [6.07, 6.45) is 1.11. The minimum atomic E-state index is -3.34. The second-order valence-electron chi connectivity index (χ2n) is 5.19. The van der Waals surface area contributed by atoms with Crippen molar-refractivity contribution in [2.24, 2.45) is 0 Å². The normalized spacial score (nSPS) is 19.2. The van der Waals surface area contributed by atoms with Crippen molar-refractivity contribution in [3.05, 3.63) is 22.7 Å². The summed E-state index contributed by atoms with van der Waals surface area (Å²) in [4.78, 5) is 0. The second kappa shape index (κ2) is 6.08. The Kier molecular flexibility index (Phi) is 4.77. The summed E-state index contributed by atoms with van der Waals surface area (Å²) in [5.41, 5.74) is 0.409. The van der Waals surface area contributed by atoms with Crippen LogP contribution < -0.4 is 9.46 Å². The van der Waals surface area contributed by atoms with Gasteiger partial charge in [-0.15, -0.1) is 0 Å². The van der Waals surface area contributed by atoms with E-state index in [1.54, 1.807) is 18.2 Å². The van der Waals surface area contributed by atoms with Crippen molar-refractivity contribution < 1.29 is 21.9 Å². The lowest BCUT2D eigenvalue weighted by molar-refractivity contribution is -0.0583. The molecule has 118 valence electrons. The third-order valence-corrected chi connectivity index (χ3v) is 4.42. The van der Waals surface area contributed by atoms with E-state index in [0.29, 0.717) is 28.8 Å². The number of sulfonamides is 1. The number of nitrogens with one attached hydrogen (secondary N) is 1. The van der Waals surface area contributed by atoms with Gasteiger partial charge in [0.05, 0.1) is 16.8 Å². The largest absolute Gasteiger partial charge is 0.489 e. The van der Waals surface area contributed by atoms with Gasteiger partial charge in [0, 0.05) is 18.5 Å². The van der Waals surface area contributed by atoms with E-state index in [1.807, 2.05) is 0 Å². The molecule has 0 radical (unpaired) electrons. The molecule has 0 heterocycles. The predicted octanol–water partition coefficient (Wildman–Crippen LogP) is 3.78. The fourth-order valence-corrected chi connectivity index (χ4v) is 3.21. The zero-order valence-electron chi connectivity index (χ0n) is 11.4. The highest BCUT2D eigenvalue weighted by molar-refractivity contribution is 9.10. The van der Waals surface area contributed by atoms with Crippen LogP contribution in [0.1, 0.15) is 25.7 Å². The number of ether oxygens (including phenoxy) is 1. The van der Waals surface area contributed by atoms with Gasteiger partial charge < -0.3 is 4.74 Å². The summed E-state index contributed by atoms with van der Waals surface area (Å²) in [5, 5.41) is 0. The van der Waals surface area contributed by atoms with Crippen LogP contribution in [0.4, 0.5) is 14.5 Å². The topological polar surface area (TPSA) is 55.4 Å². The molecule has 21 heavy (non-hydrogen) atoms. The van der Waals surface area contributed by atoms with E-state index in [0.717, 1.165) is 6.26 Å². The Morgan fingerprint density at radius 3 is 2.48 bits per heavy atom. The molecular formula is C13H16BrF2NO3S. The molecule has 1 aromatic carbocycles. The first-order valence-electron chi connectivity index (χ1n) is 6.46. The van der Waals surface area contributed by atoms with Gasteiger partial charge in [0.2, 0.25) is 15.9 Å². The van der Waals surface area contributed by atoms with Gasteiger partial charge in [0.15, 0.2) is 0 Å². The molecule has 0 atom stereocenters. The lowest BCUT2D eigenvalue weighted by atomic mass is 9.94. The fraction of sp³-hybridized carbons (Fsp3) is 0.538. The van der Waals surface area contributed by atoms with Gasteiger partial charge >= 0.3 is 0 Å². The molecule has 1 aliphatic carbocycles. The molecule has 1 saturated carbocycles. The zero-order valence-corrected chi connectivity index (χ0v) is 13.8. The Morgan fingerprint density at radius 1 is 1.33 bits per heavy atom. The monoisotopic (exact) mass is 383 g/mol. The van der Waals surface area contributed by atoms with Crippen LogP contribution in [-0.4, -0.2) is 26.7 Å². The van der Waals surface area contributed by atoms with Crippen molar-refractivity contribution in [2.75, 3.05) is 11.0 Å². The number of alkyl halides is 2. The molecule has 1 N–H and O–H groups in total. The Morgan fingerprint density at radius 2 is 1.95 bits per heavy atom. The maximum atomic E-state index is 13.1. The Bertz CT molecular complexity index is 612. The van der Waals surface area contributed by atoms with Crippen LogP contribution in [0.3, 0.4) is 0 Å². The average molecular weight is 384 g/mol. The van der Waals surface area contributed by atoms with Crippen LogP contribution in [0.25, 0.3) is 0 Å². The van der Waals surface area contributed by atoms with Crippen molar-refractivity contribution in [3.8, 4) is 5.75 Å². The van der Waals surface area contributed by atoms with Crippen LogP contribution >= 0.6 is 15.9 Å². The first kappa shape index (κ1) is 16.5. The van der Waals surface area contributed by atoms with Crippen molar-refractivity contribution in [1.82, 2.24) is 0 Å². The predicted molar refractivity (Wildman–Crippen MR) is 80.4 cm³/mol. The van der Waals surface area contributed by atoms with Crippen LogP contribution in [-0.2, 0) is 10.0 Å². The molecule has 0 saturated heterocycles. The van der Waals surface area contributed by atoms with Gasteiger partial charge in [-0.25, -0.2) is 17.2 Å². The lowest BCUT2D eigenvalue weighted by Gasteiger charge is -2.29. The quantitative estimate of drug-likeness (QED) is 0.860. The van der Waals surface area contributed by atoms with Gasteiger partial charge in [0.1, 0.15) is 5.75 Å². The van der Waals surface area contributed by atoms with Crippen molar-refractivity contribution >= 4 is 31.6 Å². The molecule has 0 amide bonds. The first-order valence-corrected chi connectivity index (χ1v) is 9.15. The fourth-order valence-electron chi connectivity index (χ4n) is 2.19. The Hall–Kier alpha value is -0.890. The van der Waals surface area contributed by atoms with Crippen LogP contribution in [0.2, 0.25) is 0 Å². The smallest absolute Gasteiger partial charge is 0.248 e. The van der Waals surface area contributed by atoms with E-state index in [-0.39, 0.29) is 18.9 Å². The molecule has 0 aliphatic heterocycles. The number of hydrogen-bond donors (Lipinski definition) is 1. The molecule has 8 heteroatoms. The third-order valence-electron chi connectivity index (χ3n) is 3.19. The third kappa shape index (κ3) is 5.10. The molecule has 1 fully saturated rings. The summed E-state index contributed by atoms with van der Waals surface area (Å²) >= 11 is 3.30. The summed E-state index contributed by atoms with van der Waals surface area (Å²) < 4.78 is 57.1. The minimum absolute atomic E-state index is 0.164. The van der Waals surface area contributed by atoms with Crippen molar-refractivity contribution in [3.63, 3.8) is 0 Å². The van der Waals surface area contributed by atoms with Gasteiger partial charge in [-0.05, 0) is 47.0 Å². The summed E-state index contributed by atoms with van der Waals surface area (Å²) in [7, 11) is -3.34. The van der Waals surface area contributed by atoms with Crippen LogP contribution in [0.15, 0.2) is 22.7 Å². The second-order valence-corrected chi connectivity index (χ2v) is 7.80. The van der Waals surface area contributed by atoms with E-state index in [9.17, 15) is 17.2 Å². The van der Waals surface area contributed by atoms with E-state index >= 15 is 0 Å². The van der Waals surface area contributed by atoms with Gasteiger partial charge in [-0.3, -0.25) is 4.72 Å². The first-order chi connectivity index (χ1) is 9.65. The van der Waals surface area contributed by atoms with Gasteiger partial charge in [0.25, 0.3) is 0 Å². The molecule has 4 nitrogen and oxygen atoms in total. The molecule has 1 aromatic rings. The SMILES string of the molecule is CS(=O)(=O)Nc1ccc(OC2CCC(F)(F)CC2)c(Br)c1. The Labute approximate surface area is 131 Å². The zero-order chi connectivity index (χ0) is 15.7. The van der Waals surface area contributed by atoms with E-state index in [2.05, 4.69) is 20.7 Å². The van der Waals surface area contributed by atoms with Crippen molar-refractivity contribution in [1.29, 1.82) is 0 Å². The molecule has 2 rings (SSSR count). The molecular weight excluding hydrogens is 368 g/mol. The number of benzene rings is 1. The molecule has 0 spiro atoms. The molecule has 1 aliphatic rings. The molecule has 0 unspecified atom stereocenters. The average Bonchev–Trinajstić information content (AvgIpc) is 2.33. The van der Waals surface area contributed by atoms with E-state index in [1.165, 1.54) is 0 Å². The maximum absolute atomic E-state index is 13.1. The number of anilines is 1. The highest BCUT2D eigenvalue weighted by atomic mass is 79.9.